The van der Waals surface area contributed by atoms with Crippen LogP contribution in [0.2, 0.25) is 0 Å². The van der Waals surface area contributed by atoms with Crippen molar-refractivity contribution in [3.05, 3.63) is 40.5 Å². The molecule has 1 saturated heterocycles. The molecule has 1 aromatic carbocycles. The molecule has 0 spiro atoms. The van der Waals surface area contributed by atoms with Gasteiger partial charge in [-0.15, -0.1) is 0 Å². The van der Waals surface area contributed by atoms with E-state index in [1.165, 1.54) is 19.1 Å². The molecule has 0 atom stereocenters. The highest BCUT2D eigenvalue weighted by Gasteiger charge is 2.39. The molecular weight excluding hydrogens is 497 g/mol. The minimum absolute atomic E-state index is 0.188. The first-order chi connectivity index (χ1) is 17.9. The molecule has 1 aromatic rings. The highest BCUT2D eigenvalue weighted by atomic mass is 19.4. The zero-order valence-corrected chi connectivity index (χ0v) is 22.2. The molecule has 3 rings (SSSR count). The van der Waals surface area contributed by atoms with E-state index in [1.807, 2.05) is 18.7 Å². The third-order valence-corrected chi connectivity index (χ3v) is 7.08. The van der Waals surface area contributed by atoms with E-state index in [-0.39, 0.29) is 17.2 Å². The summed E-state index contributed by atoms with van der Waals surface area (Å²) in [6.45, 7) is 9.82. The van der Waals surface area contributed by atoms with E-state index in [0.717, 1.165) is 63.0 Å². The van der Waals surface area contributed by atoms with Crippen molar-refractivity contribution < 1.29 is 27.6 Å². The Hall–Kier alpha value is -3.19. The zero-order valence-electron chi connectivity index (χ0n) is 22.2. The van der Waals surface area contributed by atoms with Crippen LogP contribution in [0.4, 0.5) is 18.9 Å². The minimum atomic E-state index is -4.78. The first-order valence-electron chi connectivity index (χ1n) is 13.1. The second-order valence-electron chi connectivity index (χ2n) is 10.4. The summed E-state index contributed by atoms with van der Waals surface area (Å²) in [5.41, 5.74) is -1.35. The number of amides is 3. The van der Waals surface area contributed by atoms with E-state index >= 15 is 0 Å². The van der Waals surface area contributed by atoms with Gasteiger partial charge in [-0.2, -0.15) is 18.4 Å². The standard InChI is InChI=1S/C28H35F3N4O3/c1-19(2)16-25(36)34-14-12-33(13-15-34)11-7-5-4-6-8-23-20(3)26(37)35(27(23)38)22-10-9-21(18-32)24(17-22)28(29,30)31/h9-10,17,19H,4-8,11-16H2,1-3H3. The molecule has 0 N–H and O–H groups in total. The van der Waals surface area contributed by atoms with Crippen molar-refractivity contribution >= 4 is 23.4 Å². The van der Waals surface area contributed by atoms with Crippen molar-refractivity contribution in [2.75, 3.05) is 37.6 Å². The highest BCUT2D eigenvalue weighted by Crippen LogP contribution is 2.37. The van der Waals surface area contributed by atoms with Gasteiger partial charge >= 0.3 is 6.18 Å². The Morgan fingerprint density at radius 1 is 1.03 bits per heavy atom. The molecule has 7 nitrogen and oxygen atoms in total. The molecule has 2 aliphatic rings. The summed E-state index contributed by atoms with van der Waals surface area (Å²) in [4.78, 5) is 43.0. The molecule has 1 fully saturated rings. The van der Waals surface area contributed by atoms with Crippen LogP contribution in [0, 0.1) is 17.2 Å². The van der Waals surface area contributed by atoms with Crippen LogP contribution in [0.3, 0.4) is 0 Å². The van der Waals surface area contributed by atoms with Crippen LogP contribution in [-0.2, 0) is 20.6 Å². The number of carbonyl (C=O) groups is 3. The maximum absolute atomic E-state index is 13.4. The first-order valence-corrected chi connectivity index (χ1v) is 13.1. The molecular formula is C28H35F3N4O3. The van der Waals surface area contributed by atoms with Crippen LogP contribution in [0.25, 0.3) is 0 Å². The summed E-state index contributed by atoms with van der Waals surface area (Å²) in [5.74, 6) is -0.647. The first kappa shape index (κ1) is 29.4. The zero-order chi connectivity index (χ0) is 28.0. The van der Waals surface area contributed by atoms with Gasteiger partial charge in [0.2, 0.25) is 5.91 Å². The third kappa shape index (κ3) is 7.01. The van der Waals surface area contributed by atoms with Crippen LogP contribution >= 0.6 is 0 Å². The molecule has 206 valence electrons. The van der Waals surface area contributed by atoms with Crippen molar-refractivity contribution in [2.24, 2.45) is 5.92 Å². The number of rotatable bonds is 10. The van der Waals surface area contributed by atoms with Crippen molar-refractivity contribution in [1.29, 1.82) is 5.26 Å². The molecule has 2 aliphatic heterocycles. The average molecular weight is 533 g/mol. The molecule has 2 heterocycles. The SMILES string of the molecule is CC1=C(CCCCCCN2CCN(C(=O)CC(C)C)CC2)C(=O)N(c2ccc(C#N)c(C(F)(F)F)c2)C1=O. The summed E-state index contributed by atoms with van der Waals surface area (Å²) in [5, 5.41) is 8.99. The lowest BCUT2D eigenvalue weighted by Crippen LogP contribution is -2.49. The van der Waals surface area contributed by atoms with Crippen LogP contribution in [0.15, 0.2) is 29.3 Å². The third-order valence-electron chi connectivity index (χ3n) is 7.08. The van der Waals surface area contributed by atoms with Gasteiger partial charge in [-0.05, 0) is 56.8 Å². The molecule has 0 bridgehead atoms. The number of alkyl halides is 3. The van der Waals surface area contributed by atoms with E-state index < -0.39 is 29.1 Å². The smallest absolute Gasteiger partial charge is 0.340 e. The Kier molecular flexibility index (Phi) is 9.71. The van der Waals surface area contributed by atoms with E-state index in [0.29, 0.717) is 36.8 Å². The molecule has 0 unspecified atom stereocenters. The second kappa shape index (κ2) is 12.6. The Labute approximate surface area is 221 Å². The summed E-state index contributed by atoms with van der Waals surface area (Å²) in [6.07, 6.45) is -0.317. The molecule has 0 aliphatic carbocycles. The van der Waals surface area contributed by atoms with Gasteiger partial charge in [0.05, 0.1) is 22.9 Å². The van der Waals surface area contributed by atoms with E-state index in [4.69, 9.17) is 5.26 Å². The van der Waals surface area contributed by atoms with E-state index in [9.17, 15) is 27.6 Å². The van der Waals surface area contributed by atoms with Crippen molar-refractivity contribution in [3.63, 3.8) is 0 Å². The highest BCUT2D eigenvalue weighted by molar-refractivity contribution is 6.32. The number of benzene rings is 1. The lowest BCUT2D eigenvalue weighted by molar-refractivity contribution is -0.138. The molecule has 10 heteroatoms. The van der Waals surface area contributed by atoms with Crippen molar-refractivity contribution in [2.45, 2.75) is 65.5 Å². The number of nitriles is 1. The maximum Gasteiger partial charge on any atom is 0.417 e. The number of piperazine rings is 1. The van der Waals surface area contributed by atoms with Crippen LogP contribution in [-0.4, -0.2) is 60.2 Å². The summed E-state index contributed by atoms with van der Waals surface area (Å²) < 4.78 is 40.1. The monoisotopic (exact) mass is 532 g/mol. The van der Waals surface area contributed by atoms with Gasteiger partial charge in [-0.3, -0.25) is 19.3 Å². The number of hydrogen-bond donors (Lipinski definition) is 0. The number of unbranched alkanes of at least 4 members (excludes halogenated alkanes) is 3. The fourth-order valence-corrected chi connectivity index (χ4v) is 4.91. The normalized spacial score (nSPS) is 17.1. The van der Waals surface area contributed by atoms with E-state index in [1.54, 1.807) is 0 Å². The van der Waals surface area contributed by atoms with Gasteiger partial charge in [-0.25, -0.2) is 4.90 Å². The molecule has 3 amide bonds. The van der Waals surface area contributed by atoms with Gasteiger partial charge in [0.25, 0.3) is 11.8 Å². The lowest BCUT2D eigenvalue weighted by Gasteiger charge is -2.35. The van der Waals surface area contributed by atoms with Crippen LogP contribution in [0.1, 0.15) is 70.4 Å². The van der Waals surface area contributed by atoms with Gasteiger partial charge in [0, 0.05) is 43.7 Å². The topological polar surface area (TPSA) is 84.7 Å². The Bertz CT molecular complexity index is 1130. The Morgan fingerprint density at radius 3 is 2.29 bits per heavy atom. The molecule has 0 aromatic heterocycles. The maximum atomic E-state index is 13.4. The number of carbonyl (C=O) groups excluding carboxylic acids is 3. The number of halogens is 3. The fraction of sp³-hybridized carbons (Fsp3) is 0.571. The summed E-state index contributed by atoms with van der Waals surface area (Å²) >= 11 is 0. The van der Waals surface area contributed by atoms with Gasteiger partial charge in [-0.1, -0.05) is 26.7 Å². The summed E-state index contributed by atoms with van der Waals surface area (Å²) in [7, 11) is 0. The number of hydrogen-bond acceptors (Lipinski definition) is 5. The van der Waals surface area contributed by atoms with Crippen molar-refractivity contribution in [1.82, 2.24) is 9.80 Å². The molecule has 0 saturated carbocycles. The number of imide groups is 1. The predicted molar refractivity (Wildman–Crippen MR) is 137 cm³/mol. The van der Waals surface area contributed by atoms with Crippen molar-refractivity contribution in [3.8, 4) is 6.07 Å². The lowest BCUT2D eigenvalue weighted by atomic mass is 10.0. The van der Waals surface area contributed by atoms with Gasteiger partial charge in [0.1, 0.15) is 0 Å². The van der Waals surface area contributed by atoms with Gasteiger partial charge in [0.15, 0.2) is 0 Å². The Morgan fingerprint density at radius 2 is 1.68 bits per heavy atom. The minimum Gasteiger partial charge on any atom is -0.340 e. The summed E-state index contributed by atoms with van der Waals surface area (Å²) in [6, 6.07) is 4.36. The van der Waals surface area contributed by atoms with Crippen LogP contribution < -0.4 is 4.90 Å². The largest absolute Gasteiger partial charge is 0.417 e. The average Bonchev–Trinajstić information content (AvgIpc) is 3.07. The Balaban J connectivity index is 1.45. The fourth-order valence-electron chi connectivity index (χ4n) is 4.91. The quantitative estimate of drug-likeness (QED) is 0.316. The molecule has 0 radical (unpaired) electrons. The second-order valence-corrected chi connectivity index (χ2v) is 10.4. The number of nitrogens with zero attached hydrogens (tertiary/aromatic N) is 4. The number of anilines is 1. The molecule has 38 heavy (non-hydrogen) atoms. The van der Waals surface area contributed by atoms with E-state index in [2.05, 4.69) is 4.90 Å². The van der Waals surface area contributed by atoms with Crippen LogP contribution in [0.5, 0.6) is 0 Å². The van der Waals surface area contributed by atoms with Gasteiger partial charge < -0.3 is 4.90 Å². The predicted octanol–water partition coefficient (Wildman–Crippen LogP) is 4.91.